The average molecular weight is 219 g/mol. The fraction of sp³-hybridized carbons (Fsp3) is 0.455. The van der Waals surface area contributed by atoms with Gasteiger partial charge in [-0.15, -0.1) is 0 Å². The van der Waals surface area contributed by atoms with Crippen molar-refractivity contribution in [2.75, 3.05) is 5.32 Å². The van der Waals surface area contributed by atoms with E-state index < -0.39 is 0 Å². The van der Waals surface area contributed by atoms with Gasteiger partial charge in [0, 0.05) is 37.5 Å². The van der Waals surface area contributed by atoms with E-state index in [1.54, 1.807) is 4.68 Å². The third kappa shape index (κ3) is 2.24. The SMILES string of the molecule is CC(C)n1nccc1NCc1cnn(C)c1. The number of hydrogen-bond acceptors (Lipinski definition) is 3. The summed E-state index contributed by atoms with van der Waals surface area (Å²) in [6, 6.07) is 2.35. The summed E-state index contributed by atoms with van der Waals surface area (Å²) in [5, 5.41) is 11.7. The molecule has 5 nitrogen and oxygen atoms in total. The molecule has 86 valence electrons. The largest absolute Gasteiger partial charge is 0.366 e. The molecular weight excluding hydrogens is 202 g/mol. The summed E-state index contributed by atoms with van der Waals surface area (Å²) >= 11 is 0. The smallest absolute Gasteiger partial charge is 0.124 e. The Balaban J connectivity index is 2.02. The lowest BCUT2D eigenvalue weighted by Gasteiger charge is -2.11. The number of aromatic nitrogens is 4. The lowest BCUT2D eigenvalue weighted by Crippen LogP contribution is -2.09. The lowest BCUT2D eigenvalue weighted by molar-refractivity contribution is 0.537. The average Bonchev–Trinajstić information content (AvgIpc) is 2.83. The van der Waals surface area contributed by atoms with Gasteiger partial charge in [-0.3, -0.25) is 4.68 Å². The topological polar surface area (TPSA) is 47.7 Å². The summed E-state index contributed by atoms with van der Waals surface area (Å²) in [5.41, 5.74) is 1.17. The zero-order valence-electron chi connectivity index (χ0n) is 9.88. The molecule has 2 rings (SSSR count). The summed E-state index contributed by atoms with van der Waals surface area (Å²) in [6.07, 6.45) is 5.68. The molecule has 2 heterocycles. The second-order valence-electron chi connectivity index (χ2n) is 4.13. The standard InChI is InChI=1S/C11H17N5/c1-9(2)16-11(4-5-13-16)12-6-10-7-14-15(3)8-10/h4-5,7-9,12H,6H2,1-3H3. The minimum Gasteiger partial charge on any atom is -0.366 e. The van der Waals surface area contributed by atoms with E-state index in [1.807, 2.05) is 36.4 Å². The molecular formula is C11H17N5. The van der Waals surface area contributed by atoms with Gasteiger partial charge in [-0.25, -0.2) is 4.68 Å². The highest BCUT2D eigenvalue weighted by atomic mass is 15.3. The van der Waals surface area contributed by atoms with Crippen LogP contribution in [-0.2, 0) is 13.6 Å². The Kier molecular flexibility index (Phi) is 2.94. The van der Waals surface area contributed by atoms with Crippen LogP contribution < -0.4 is 5.32 Å². The number of anilines is 1. The molecule has 16 heavy (non-hydrogen) atoms. The third-order valence-corrected chi connectivity index (χ3v) is 2.39. The van der Waals surface area contributed by atoms with Crippen LogP contribution in [-0.4, -0.2) is 19.6 Å². The van der Waals surface area contributed by atoms with E-state index in [-0.39, 0.29) is 0 Å². The molecule has 1 N–H and O–H groups in total. The first-order valence-electron chi connectivity index (χ1n) is 5.41. The highest BCUT2D eigenvalue weighted by Gasteiger charge is 2.05. The van der Waals surface area contributed by atoms with Gasteiger partial charge in [0.15, 0.2) is 0 Å². The molecule has 0 bridgehead atoms. The fourth-order valence-electron chi connectivity index (χ4n) is 1.62. The monoisotopic (exact) mass is 219 g/mol. The van der Waals surface area contributed by atoms with Gasteiger partial charge in [0.2, 0.25) is 0 Å². The molecule has 2 aromatic rings. The van der Waals surface area contributed by atoms with Crippen molar-refractivity contribution >= 4 is 5.82 Å². The second-order valence-corrected chi connectivity index (χ2v) is 4.13. The zero-order valence-corrected chi connectivity index (χ0v) is 9.88. The van der Waals surface area contributed by atoms with Crippen LogP contribution in [0, 0.1) is 0 Å². The molecule has 0 aliphatic rings. The molecule has 0 saturated carbocycles. The molecule has 0 spiro atoms. The van der Waals surface area contributed by atoms with Crippen molar-refractivity contribution < 1.29 is 0 Å². The van der Waals surface area contributed by atoms with E-state index in [4.69, 9.17) is 0 Å². The summed E-state index contributed by atoms with van der Waals surface area (Å²) < 4.78 is 3.77. The van der Waals surface area contributed by atoms with Gasteiger partial charge in [0.25, 0.3) is 0 Å². The van der Waals surface area contributed by atoms with Crippen molar-refractivity contribution in [3.05, 3.63) is 30.2 Å². The van der Waals surface area contributed by atoms with E-state index >= 15 is 0 Å². The molecule has 0 unspecified atom stereocenters. The predicted octanol–water partition coefficient (Wildman–Crippen LogP) is 1.81. The van der Waals surface area contributed by atoms with Crippen LogP contribution >= 0.6 is 0 Å². The van der Waals surface area contributed by atoms with Gasteiger partial charge < -0.3 is 5.32 Å². The molecule has 0 aromatic carbocycles. The van der Waals surface area contributed by atoms with Crippen LogP contribution in [0.15, 0.2) is 24.7 Å². The maximum Gasteiger partial charge on any atom is 0.124 e. The van der Waals surface area contributed by atoms with Gasteiger partial charge in [-0.2, -0.15) is 10.2 Å². The van der Waals surface area contributed by atoms with Crippen LogP contribution in [0.1, 0.15) is 25.5 Å². The number of nitrogens with one attached hydrogen (secondary N) is 1. The summed E-state index contributed by atoms with van der Waals surface area (Å²) in [7, 11) is 1.92. The van der Waals surface area contributed by atoms with Gasteiger partial charge in [0.1, 0.15) is 5.82 Å². The fourth-order valence-corrected chi connectivity index (χ4v) is 1.62. The van der Waals surface area contributed by atoms with Crippen molar-refractivity contribution in [1.82, 2.24) is 19.6 Å². The van der Waals surface area contributed by atoms with Gasteiger partial charge in [-0.05, 0) is 13.8 Å². The number of aryl methyl sites for hydroxylation is 1. The first-order valence-corrected chi connectivity index (χ1v) is 5.41. The second kappa shape index (κ2) is 4.38. The minimum absolute atomic E-state index is 0.367. The van der Waals surface area contributed by atoms with E-state index in [1.165, 1.54) is 5.56 Å². The Morgan fingerprint density at radius 1 is 1.38 bits per heavy atom. The molecule has 0 saturated heterocycles. The first kappa shape index (κ1) is 10.7. The molecule has 2 aromatic heterocycles. The molecule has 0 fully saturated rings. The number of nitrogens with zero attached hydrogens (tertiary/aromatic N) is 4. The van der Waals surface area contributed by atoms with Crippen LogP contribution in [0.4, 0.5) is 5.82 Å². The van der Waals surface area contributed by atoms with Crippen LogP contribution in [0.25, 0.3) is 0 Å². The van der Waals surface area contributed by atoms with Crippen LogP contribution in [0.5, 0.6) is 0 Å². The van der Waals surface area contributed by atoms with Crippen molar-refractivity contribution in [1.29, 1.82) is 0 Å². The Labute approximate surface area is 95.1 Å². The quantitative estimate of drug-likeness (QED) is 0.853. The minimum atomic E-state index is 0.367. The lowest BCUT2D eigenvalue weighted by atomic mass is 10.3. The summed E-state index contributed by atoms with van der Waals surface area (Å²) in [5.74, 6) is 1.04. The van der Waals surface area contributed by atoms with Crippen molar-refractivity contribution in [2.45, 2.75) is 26.4 Å². The number of rotatable bonds is 4. The summed E-state index contributed by atoms with van der Waals surface area (Å²) in [6.45, 7) is 5.00. The molecule has 0 radical (unpaired) electrons. The highest BCUT2D eigenvalue weighted by Crippen LogP contribution is 2.13. The molecule has 5 heteroatoms. The van der Waals surface area contributed by atoms with Gasteiger partial charge in [0.05, 0.1) is 12.4 Å². The summed E-state index contributed by atoms with van der Waals surface area (Å²) in [4.78, 5) is 0. The van der Waals surface area contributed by atoms with Gasteiger partial charge in [-0.1, -0.05) is 0 Å². The van der Waals surface area contributed by atoms with Crippen molar-refractivity contribution in [3.63, 3.8) is 0 Å². The highest BCUT2D eigenvalue weighted by molar-refractivity contribution is 5.35. The van der Waals surface area contributed by atoms with E-state index in [2.05, 4.69) is 29.4 Å². The Morgan fingerprint density at radius 2 is 2.19 bits per heavy atom. The number of hydrogen-bond donors (Lipinski definition) is 1. The van der Waals surface area contributed by atoms with Crippen molar-refractivity contribution in [3.8, 4) is 0 Å². The van der Waals surface area contributed by atoms with E-state index in [9.17, 15) is 0 Å². The van der Waals surface area contributed by atoms with Crippen LogP contribution in [0.3, 0.4) is 0 Å². The zero-order chi connectivity index (χ0) is 11.5. The molecule has 0 amide bonds. The molecule has 0 atom stereocenters. The molecule has 0 aliphatic heterocycles. The van der Waals surface area contributed by atoms with Crippen molar-refractivity contribution in [2.24, 2.45) is 7.05 Å². The van der Waals surface area contributed by atoms with Gasteiger partial charge >= 0.3 is 0 Å². The Hall–Kier alpha value is -1.78. The predicted molar refractivity (Wildman–Crippen MR) is 63.1 cm³/mol. The Morgan fingerprint density at radius 3 is 2.81 bits per heavy atom. The third-order valence-electron chi connectivity index (χ3n) is 2.39. The van der Waals surface area contributed by atoms with E-state index in [0.717, 1.165) is 12.4 Å². The maximum atomic E-state index is 4.27. The Bertz CT molecular complexity index is 454. The normalized spacial score (nSPS) is 11.0. The van der Waals surface area contributed by atoms with Crippen LogP contribution in [0.2, 0.25) is 0 Å². The van der Waals surface area contributed by atoms with E-state index in [0.29, 0.717) is 6.04 Å². The first-order chi connectivity index (χ1) is 7.66. The maximum absolute atomic E-state index is 4.27. The molecule has 0 aliphatic carbocycles.